The van der Waals surface area contributed by atoms with Crippen LogP contribution in [-0.4, -0.2) is 13.7 Å². The van der Waals surface area contributed by atoms with Gasteiger partial charge >= 0.3 is 0 Å². The van der Waals surface area contributed by atoms with Crippen molar-refractivity contribution in [3.05, 3.63) is 29.3 Å². The van der Waals surface area contributed by atoms with Crippen LogP contribution >= 0.6 is 0 Å². The third-order valence-corrected chi connectivity index (χ3v) is 3.87. The molecule has 1 aromatic rings. The second kappa shape index (κ2) is 6.06. The summed E-state index contributed by atoms with van der Waals surface area (Å²) in [5.41, 5.74) is 8.66. The molecule has 1 aliphatic rings. The van der Waals surface area contributed by atoms with Crippen molar-refractivity contribution in [2.45, 2.75) is 38.5 Å². The molecule has 2 nitrogen and oxygen atoms in total. The SMILES string of the molecule is COc1ccc2c(c1)CCC(CCN)CCC2. The van der Waals surface area contributed by atoms with Crippen molar-refractivity contribution in [1.82, 2.24) is 0 Å². The molecule has 0 spiro atoms. The van der Waals surface area contributed by atoms with Gasteiger partial charge in [-0.25, -0.2) is 0 Å². The molecule has 2 rings (SSSR count). The van der Waals surface area contributed by atoms with Crippen molar-refractivity contribution < 1.29 is 4.74 Å². The molecule has 1 aliphatic carbocycles. The highest BCUT2D eigenvalue weighted by molar-refractivity contribution is 5.36. The molecule has 0 heterocycles. The van der Waals surface area contributed by atoms with E-state index < -0.39 is 0 Å². The van der Waals surface area contributed by atoms with Crippen molar-refractivity contribution in [3.63, 3.8) is 0 Å². The minimum Gasteiger partial charge on any atom is -0.497 e. The Morgan fingerprint density at radius 1 is 1.24 bits per heavy atom. The molecule has 1 atom stereocenters. The number of aryl methyl sites for hydroxylation is 2. The van der Waals surface area contributed by atoms with E-state index in [-0.39, 0.29) is 0 Å². The molecule has 0 saturated heterocycles. The molecule has 0 fully saturated rings. The Hall–Kier alpha value is -1.02. The van der Waals surface area contributed by atoms with Gasteiger partial charge in [-0.3, -0.25) is 0 Å². The molecule has 0 saturated carbocycles. The Kier molecular flexibility index (Phi) is 4.43. The van der Waals surface area contributed by atoms with Crippen molar-refractivity contribution in [2.24, 2.45) is 11.7 Å². The average Bonchev–Trinajstić information content (AvgIpc) is 2.33. The van der Waals surface area contributed by atoms with Crippen LogP contribution in [0.25, 0.3) is 0 Å². The number of hydrogen-bond acceptors (Lipinski definition) is 2. The highest BCUT2D eigenvalue weighted by atomic mass is 16.5. The molecule has 17 heavy (non-hydrogen) atoms. The summed E-state index contributed by atoms with van der Waals surface area (Å²) in [5, 5.41) is 0. The first-order chi connectivity index (χ1) is 8.33. The molecule has 1 unspecified atom stereocenters. The second-order valence-electron chi connectivity index (χ2n) is 5.01. The van der Waals surface area contributed by atoms with Gasteiger partial charge in [0.1, 0.15) is 5.75 Å². The van der Waals surface area contributed by atoms with Crippen LogP contribution in [-0.2, 0) is 12.8 Å². The van der Waals surface area contributed by atoms with Crippen molar-refractivity contribution in [3.8, 4) is 5.75 Å². The molecule has 0 amide bonds. The fourth-order valence-corrected chi connectivity index (χ4v) is 2.82. The van der Waals surface area contributed by atoms with Crippen molar-refractivity contribution in [1.29, 1.82) is 0 Å². The molecule has 94 valence electrons. The summed E-state index contributed by atoms with van der Waals surface area (Å²) >= 11 is 0. The van der Waals surface area contributed by atoms with Crippen LogP contribution in [0.3, 0.4) is 0 Å². The van der Waals surface area contributed by atoms with Gasteiger partial charge in [0.2, 0.25) is 0 Å². The van der Waals surface area contributed by atoms with E-state index in [2.05, 4.69) is 18.2 Å². The van der Waals surface area contributed by atoms with Gasteiger partial charge in [-0.2, -0.15) is 0 Å². The van der Waals surface area contributed by atoms with Gasteiger partial charge in [0.05, 0.1) is 7.11 Å². The second-order valence-corrected chi connectivity index (χ2v) is 5.01. The number of benzene rings is 1. The largest absolute Gasteiger partial charge is 0.497 e. The first kappa shape index (κ1) is 12.4. The quantitative estimate of drug-likeness (QED) is 0.871. The normalized spacial score (nSPS) is 20.2. The molecule has 0 radical (unpaired) electrons. The molecular formula is C15H23NO. The summed E-state index contributed by atoms with van der Waals surface area (Å²) < 4.78 is 5.31. The Balaban J connectivity index is 2.11. The Morgan fingerprint density at radius 2 is 2.12 bits per heavy atom. The highest BCUT2D eigenvalue weighted by Gasteiger charge is 2.14. The maximum atomic E-state index is 5.67. The van der Waals surface area contributed by atoms with Gasteiger partial charge in [0.25, 0.3) is 0 Å². The monoisotopic (exact) mass is 233 g/mol. The maximum Gasteiger partial charge on any atom is 0.119 e. The fourth-order valence-electron chi connectivity index (χ4n) is 2.82. The third-order valence-electron chi connectivity index (χ3n) is 3.87. The lowest BCUT2D eigenvalue weighted by molar-refractivity contribution is 0.399. The molecule has 0 bridgehead atoms. The van der Waals surface area contributed by atoms with E-state index in [4.69, 9.17) is 10.5 Å². The summed E-state index contributed by atoms with van der Waals surface area (Å²) in [7, 11) is 1.74. The number of hydrogen-bond donors (Lipinski definition) is 1. The number of methoxy groups -OCH3 is 1. The lowest BCUT2D eigenvalue weighted by atomic mass is 9.85. The molecule has 0 aliphatic heterocycles. The highest BCUT2D eigenvalue weighted by Crippen LogP contribution is 2.27. The molecular weight excluding hydrogens is 210 g/mol. The number of rotatable bonds is 3. The average molecular weight is 233 g/mol. The number of ether oxygens (including phenoxy) is 1. The Bertz CT molecular complexity index is 362. The summed E-state index contributed by atoms with van der Waals surface area (Å²) in [6.45, 7) is 0.829. The third kappa shape index (κ3) is 3.22. The zero-order valence-electron chi connectivity index (χ0n) is 10.7. The Morgan fingerprint density at radius 3 is 2.88 bits per heavy atom. The minimum absolute atomic E-state index is 0.819. The summed E-state index contributed by atoms with van der Waals surface area (Å²) in [6, 6.07) is 6.52. The first-order valence-electron chi connectivity index (χ1n) is 6.69. The van der Waals surface area contributed by atoms with Crippen LogP contribution in [0.1, 0.15) is 36.8 Å². The van der Waals surface area contributed by atoms with E-state index in [1.807, 2.05) is 0 Å². The van der Waals surface area contributed by atoms with Crippen LogP contribution < -0.4 is 10.5 Å². The van der Waals surface area contributed by atoms with Gasteiger partial charge in [0, 0.05) is 0 Å². The summed E-state index contributed by atoms with van der Waals surface area (Å²) in [6.07, 6.45) is 7.47. The summed E-state index contributed by atoms with van der Waals surface area (Å²) in [5.74, 6) is 1.80. The van der Waals surface area contributed by atoms with E-state index in [1.54, 1.807) is 7.11 Å². The predicted molar refractivity (Wildman–Crippen MR) is 71.4 cm³/mol. The standard InChI is InChI=1S/C15H23NO/c1-17-15-8-7-13-4-2-3-12(9-10-16)5-6-14(13)11-15/h7-8,11-12H,2-6,9-10,16H2,1H3. The topological polar surface area (TPSA) is 35.2 Å². The molecule has 1 aromatic carbocycles. The van der Waals surface area contributed by atoms with Crippen LogP contribution in [0, 0.1) is 5.92 Å². The zero-order chi connectivity index (χ0) is 12.1. The van der Waals surface area contributed by atoms with E-state index in [9.17, 15) is 0 Å². The molecule has 2 heteroatoms. The molecule has 0 aromatic heterocycles. The van der Waals surface area contributed by atoms with Crippen LogP contribution in [0.2, 0.25) is 0 Å². The Labute approximate surface area is 104 Å². The minimum atomic E-state index is 0.819. The van der Waals surface area contributed by atoms with Gasteiger partial charge in [-0.05, 0) is 67.8 Å². The van der Waals surface area contributed by atoms with E-state index in [0.717, 1.165) is 18.2 Å². The smallest absolute Gasteiger partial charge is 0.119 e. The lowest BCUT2D eigenvalue weighted by Gasteiger charge is -2.21. The van der Waals surface area contributed by atoms with E-state index >= 15 is 0 Å². The number of nitrogens with two attached hydrogens (primary N) is 1. The summed E-state index contributed by atoms with van der Waals surface area (Å²) in [4.78, 5) is 0. The maximum absolute atomic E-state index is 5.67. The fraction of sp³-hybridized carbons (Fsp3) is 0.600. The van der Waals surface area contributed by atoms with Crippen molar-refractivity contribution >= 4 is 0 Å². The predicted octanol–water partition coefficient (Wildman–Crippen LogP) is 2.93. The zero-order valence-corrected chi connectivity index (χ0v) is 10.7. The van der Waals surface area contributed by atoms with Gasteiger partial charge in [-0.1, -0.05) is 12.5 Å². The van der Waals surface area contributed by atoms with Crippen LogP contribution in [0.15, 0.2) is 18.2 Å². The van der Waals surface area contributed by atoms with Gasteiger partial charge in [-0.15, -0.1) is 0 Å². The molecule has 2 N–H and O–H groups in total. The lowest BCUT2D eigenvalue weighted by Crippen LogP contribution is -2.13. The first-order valence-corrected chi connectivity index (χ1v) is 6.69. The van der Waals surface area contributed by atoms with Crippen molar-refractivity contribution in [2.75, 3.05) is 13.7 Å². The van der Waals surface area contributed by atoms with Gasteiger partial charge < -0.3 is 10.5 Å². The van der Waals surface area contributed by atoms with Crippen LogP contribution in [0.5, 0.6) is 5.75 Å². The van der Waals surface area contributed by atoms with E-state index in [1.165, 1.54) is 49.7 Å². The van der Waals surface area contributed by atoms with Gasteiger partial charge in [0.15, 0.2) is 0 Å². The number of fused-ring (bicyclic) bond motifs is 1. The van der Waals surface area contributed by atoms with Crippen LogP contribution in [0.4, 0.5) is 0 Å². The van der Waals surface area contributed by atoms with E-state index in [0.29, 0.717) is 0 Å².